The molecule has 0 aliphatic carbocycles. The Kier molecular flexibility index (Phi) is 7.22. The number of nitrogens with one attached hydrogen (secondary N) is 2. The summed E-state index contributed by atoms with van der Waals surface area (Å²) in [5.74, 6) is 1.27. The molecule has 0 aliphatic heterocycles. The first kappa shape index (κ1) is 17.5. The van der Waals surface area contributed by atoms with E-state index >= 15 is 0 Å². The van der Waals surface area contributed by atoms with Crippen molar-refractivity contribution >= 4 is 15.8 Å². The summed E-state index contributed by atoms with van der Waals surface area (Å²) in [6, 6.07) is 10.3. The summed E-state index contributed by atoms with van der Waals surface area (Å²) >= 11 is 0. The van der Waals surface area contributed by atoms with E-state index < -0.39 is 9.84 Å². The number of sulfone groups is 1. The van der Waals surface area contributed by atoms with E-state index in [0.29, 0.717) is 24.8 Å². The molecule has 0 amide bonds. The van der Waals surface area contributed by atoms with Crippen LogP contribution in [0.1, 0.15) is 24.8 Å². The lowest BCUT2D eigenvalue weighted by Crippen LogP contribution is -2.39. The molecular formula is C15H25N3O2S. The van der Waals surface area contributed by atoms with Gasteiger partial charge in [-0.3, -0.25) is 4.99 Å². The summed E-state index contributed by atoms with van der Waals surface area (Å²) in [6.45, 7) is 3.52. The molecule has 118 valence electrons. The van der Waals surface area contributed by atoms with Gasteiger partial charge >= 0.3 is 0 Å². The van der Waals surface area contributed by atoms with Gasteiger partial charge in [0.1, 0.15) is 9.84 Å². The number of benzene rings is 1. The first-order valence-corrected chi connectivity index (χ1v) is 9.15. The lowest BCUT2D eigenvalue weighted by Gasteiger charge is -2.16. The van der Waals surface area contributed by atoms with Crippen LogP contribution >= 0.6 is 0 Å². The molecule has 0 spiro atoms. The predicted molar refractivity (Wildman–Crippen MR) is 88.5 cm³/mol. The zero-order chi connectivity index (χ0) is 15.7. The number of guanidine groups is 1. The highest BCUT2D eigenvalue weighted by atomic mass is 32.2. The molecule has 0 aromatic heterocycles. The highest BCUT2D eigenvalue weighted by Gasteiger charge is 2.06. The van der Waals surface area contributed by atoms with Crippen LogP contribution in [0.5, 0.6) is 0 Å². The predicted octanol–water partition coefficient (Wildman–Crippen LogP) is 1.39. The van der Waals surface area contributed by atoms with Crippen molar-refractivity contribution in [2.24, 2.45) is 4.99 Å². The minimum Gasteiger partial charge on any atom is -0.356 e. The maximum atomic E-state index is 11.0. The summed E-state index contributed by atoms with van der Waals surface area (Å²) in [5, 5.41) is 6.38. The van der Waals surface area contributed by atoms with Crippen molar-refractivity contribution < 1.29 is 8.42 Å². The molecule has 0 saturated heterocycles. The maximum Gasteiger partial charge on any atom is 0.190 e. The van der Waals surface area contributed by atoms with E-state index in [1.807, 2.05) is 18.2 Å². The second kappa shape index (κ2) is 8.67. The number of nitrogens with zero attached hydrogens (tertiary/aromatic N) is 1. The van der Waals surface area contributed by atoms with Gasteiger partial charge in [-0.2, -0.15) is 0 Å². The van der Waals surface area contributed by atoms with Gasteiger partial charge in [-0.25, -0.2) is 8.42 Å². The van der Waals surface area contributed by atoms with Gasteiger partial charge in [0.05, 0.1) is 5.75 Å². The quantitative estimate of drug-likeness (QED) is 0.453. The van der Waals surface area contributed by atoms with Gasteiger partial charge in [-0.1, -0.05) is 37.3 Å². The summed E-state index contributed by atoms with van der Waals surface area (Å²) in [5.41, 5.74) is 1.28. The molecule has 2 N–H and O–H groups in total. The van der Waals surface area contributed by atoms with Crippen molar-refractivity contribution in [3.63, 3.8) is 0 Å². The van der Waals surface area contributed by atoms with Gasteiger partial charge in [-0.15, -0.1) is 0 Å². The Balaban J connectivity index is 2.32. The second-order valence-electron chi connectivity index (χ2n) is 5.18. The molecule has 21 heavy (non-hydrogen) atoms. The minimum absolute atomic E-state index is 0.192. The second-order valence-corrected chi connectivity index (χ2v) is 7.43. The van der Waals surface area contributed by atoms with Crippen LogP contribution in [0.15, 0.2) is 35.3 Å². The minimum atomic E-state index is -2.89. The highest BCUT2D eigenvalue weighted by molar-refractivity contribution is 7.90. The van der Waals surface area contributed by atoms with E-state index in [2.05, 4.69) is 34.7 Å². The van der Waals surface area contributed by atoms with Crippen molar-refractivity contribution in [2.75, 3.05) is 32.1 Å². The topological polar surface area (TPSA) is 70.6 Å². The SMILES string of the molecule is CN=C(NCCCS(C)(=O)=O)NCC(C)c1ccccc1. The van der Waals surface area contributed by atoms with Crippen LogP contribution in [0.25, 0.3) is 0 Å². The van der Waals surface area contributed by atoms with Crippen molar-refractivity contribution in [3.05, 3.63) is 35.9 Å². The largest absolute Gasteiger partial charge is 0.356 e. The van der Waals surface area contributed by atoms with Crippen molar-refractivity contribution in [2.45, 2.75) is 19.3 Å². The normalized spacial score (nSPS) is 13.8. The van der Waals surface area contributed by atoms with Crippen LogP contribution < -0.4 is 10.6 Å². The number of hydrogen-bond acceptors (Lipinski definition) is 3. The molecular weight excluding hydrogens is 286 g/mol. The van der Waals surface area contributed by atoms with E-state index in [1.165, 1.54) is 11.8 Å². The molecule has 0 radical (unpaired) electrons. The van der Waals surface area contributed by atoms with E-state index in [4.69, 9.17) is 0 Å². The summed E-state index contributed by atoms with van der Waals surface area (Å²) in [4.78, 5) is 4.13. The van der Waals surface area contributed by atoms with Crippen LogP contribution in [0.2, 0.25) is 0 Å². The molecule has 6 heteroatoms. The van der Waals surface area contributed by atoms with Gasteiger partial charge in [0.2, 0.25) is 0 Å². The molecule has 1 unspecified atom stereocenters. The van der Waals surface area contributed by atoms with Crippen LogP contribution in [0.4, 0.5) is 0 Å². The van der Waals surface area contributed by atoms with Gasteiger partial charge < -0.3 is 10.6 Å². The monoisotopic (exact) mass is 311 g/mol. The average molecular weight is 311 g/mol. The number of rotatable bonds is 7. The fourth-order valence-electron chi connectivity index (χ4n) is 1.91. The lowest BCUT2D eigenvalue weighted by molar-refractivity contribution is 0.598. The molecule has 1 atom stereocenters. The Hall–Kier alpha value is -1.56. The van der Waals surface area contributed by atoms with Gasteiger partial charge in [-0.05, 0) is 17.9 Å². The number of aliphatic imine (C=N–C) groups is 1. The highest BCUT2D eigenvalue weighted by Crippen LogP contribution is 2.12. The van der Waals surface area contributed by atoms with Crippen LogP contribution in [-0.4, -0.2) is 46.5 Å². The fraction of sp³-hybridized carbons (Fsp3) is 0.533. The van der Waals surface area contributed by atoms with E-state index in [0.717, 1.165) is 6.54 Å². The van der Waals surface area contributed by atoms with E-state index in [9.17, 15) is 8.42 Å². The average Bonchev–Trinajstić information content (AvgIpc) is 2.46. The third-order valence-electron chi connectivity index (χ3n) is 3.15. The molecule has 0 bridgehead atoms. The molecule has 1 rings (SSSR count). The Labute approximate surface area is 127 Å². The van der Waals surface area contributed by atoms with Gasteiger partial charge in [0, 0.05) is 26.4 Å². The Morgan fingerprint density at radius 2 is 1.90 bits per heavy atom. The van der Waals surface area contributed by atoms with Crippen LogP contribution in [0.3, 0.4) is 0 Å². The Bertz CT molecular complexity index is 541. The lowest BCUT2D eigenvalue weighted by atomic mass is 10.0. The van der Waals surface area contributed by atoms with Crippen LogP contribution in [-0.2, 0) is 9.84 Å². The van der Waals surface area contributed by atoms with Crippen molar-refractivity contribution in [1.29, 1.82) is 0 Å². The molecule has 0 saturated carbocycles. The van der Waals surface area contributed by atoms with E-state index in [1.54, 1.807) is 7.05 Å². The molecule has 0 fully saturated rings. The molecule has 0 aliphatic rings. The first-order valence-electron chi connectivity index (χ1n) is 7.09. The molecule has 1 aromatic carbocycles. The zero-order valence-corrected chi connectivity index (χ0v) is 13.8. The molecule has 1 aromatic rings. The fourth-order valence-corrected chi connectivity index (χ4v) is 2.58. The van der Waals surface area contributed by atoms with Gasteiger partial charge in [0.15, 0.2) is 5.96 Å². The third-order valence-corrected chi connectivity index (χ3v) is 4.18. The van der Waals surface area contributed by atoms with Gasteiger partial charge in [0.25, 0.3) is 0 Å². The Morgan fingerprint density at radius 1 is 1.24 bits per heavy atom. The first-order chi connectivity index (χ1) is 9.92. The Morgan fingerprint density at radius 3 is 2.48 bits per heavy atom. The van der Waals surface area contributed by atoms with E-state index in [-0.39, 0.29) is 5.75 Å². The molecule has 5 nitrogen and oxygen atoms in total. The van der Waals surface area contributed by atoms with Crippen molar-refractivity contribution in [3.8, 4) is 0 Å². The molecule has 0 heterocycles. The standard InChI is InChI=1S/C15H25N3O2S/c1-13(14-8-5-4-6-9-14)12-18-15(16-2)17-10-7-11-21(3,19)20/h4-6,8-9,13H,7,10-12H2,1-3H3,(H2,16,17,18). The zero-order valence-electron chi connectivity index (χ0n) is 13.0. The van der Waals surface area contributed by atoms with Crippen molar-refractivity contribution in [1.82, 2.24) is 10.6 Å². The number of hydrogen-bond donors (Lipinski definition) is 2. The summed E-state index contributed by atoms with van der Waals surface area (Å²) in [7, 11) is -1.18. The third kappa shape index (κ3) is 7.70. The smallest absolute Gasteiger partial charge is 0.190 e. The summed E-state index contributed by atoms with van der Waals surface area (Å²) < 4.78 is 22.1. The maximum absolute atomic E-state index is 11.0. The van der Waals surface area contributed by atoms with Crippen LogP contribution in [0, 0.1) is 0 Å². The summed E-state index contributed by atoms with van der Waals surface area (Å²) in [6.07, 6.45) is 1.83.